The molecule has 4 heteroatoms. The van der Waals surface area contributed by atoms with E-state index in [0.717, 1.165) is 38.0 Å². The average Bonchev–Trinajstić information content (AvgIpc) is 2.48. The van der Waals surface area contributed by atoms with Gasteiger partial charge < -0.3 is 16.0 Å². The fraction of sp³-hybridized carbons (Fsp3) is 0.588. The average molecular weight is 287 g/mol. The van der Waals surface area contributed by atoms with Crippen molar-refractivity contribution >= 4 is 17.3 Å². The minimum absolute atomic E-state index is 0.0852. The number of piperidine rings is 1. The van der Waals surface area contributed by atoms with Gasteiger partial charge in [0.25, 0.3) is 0 Å². The van der Waals surface area contributed by atoms with Crippen molar-refractivity contribution in [3.05, 3.63) is 24.3 Å². The first-order valence-corrected chi connectivity index (χ1v) is 8.10. The van der Waals surface area contributed by atoms with E-state index in [-0.39, 0.29) is 11.3 Å². The van der Waals surface area contributed by atoms with E-state index in [1.807, 2.05) is 12.1 Å². The number of anilines is 2. The molecule has 2 fully saturated rings. The number of nitrogens with zero attached hydrogens (tertiary/aromatic N) is 1. The maximum absolute atomic E-state index is 12.3. The van der Waals surface area contributed by atoms with Crippen molar-refractivity contribution < 1.29 is 4.79 Å². The highest BCUT2D eigenvalue weighted by Gasteiger charge is 2.42. The summed E-state index contributed by atoms with van der Waals surface area (Å²) >= 11 is 0. The fourth-order valence-electron chi connectivity index (χ4n) is 3.30. The molecule has 1 heterocycles. The number of carbonyl (C=O) groups excluding carboxylic acids is 1. The molecule has 0 radical (unpaired) electrons. The van der Waals surface area contributed by atoms with Crippen molar-refractivity contribution in [2.75, 3.05) is 29.9 Å². The zero-order valence-electron chi connectivity index (χ0n) is 12.6. The lowest BCUT2D eigenvalue weighted by Gasteiger charge is -2.39. The highest BCUT2D eigenvalue weighted by Crippen LogP contribution is 2.40. The fourth-order valence-corrected chi connectivity index (χ4v) is 3.30. The summed E-state index contributed by atoms with van der Waals surface area (Å²) in [7, 11) is 0. The van der Waals surface area contributed by atoms with Gasteiger partial charge in [-0.3, -0.25) is 4.79 Å². The second-order valence-corrected chi connectivity index (χ2v) is 6.39. The van der Waals surface area contributed by atoms with E-state index in [2.05, 4.69) is 22.3 Å². The van der Waals surface area contributed by atoms with Gasteiger partial charge >= 0.3 is 0 Å². The molecule has 0 atom stereocenters. The second kappa shape index (κ2) is 6.06. The standard InChI is InChI=1S/C17H25N3O/c18-13-17(9-4-10-17)16(21)19-14-5-7-15(8-6-14)20-11-2-1-3-12-20/h5-8H,1-4,9-13,18H2,(H,19,21). The molecule has 114 valence electrons. The van der Waals surface area contributed by atoms with E-state index in [0.29, 0.717) is 6.54 Å². The Morgan fingerprint density at radius 1 is 1.10 bits per heavy atom. The lowest BCUT2D eigenvalue weighted by atomic mass is 9.68. The lowest BCUT2D eigenvalue weighted by molar-refractivity contribution is -0.129. The Balaban J connectivity index is 1.63. The van der Waals surface area contributed by atoms with E-state index in [1.165, 1.54) is 24.9 Å². The maximum atomic E-state index is 12.3. The summed E-state index contributed by atoms with van der Waals surface area (Å²) in [5, 5.41) is 3.03. The molecule has 1 aromatic carbocycles. The molecule has 3 rings (SSSR count). The second-order valence-electron chi connectivity index (χ2n) is 6.39. The van der Waals surface area contributed by atoms with Crippen LogP contribution < -0.4 is 16.0 Å². The first kappa shape index (κ1) is 14.4. The monoisotopic (exact) mass is 287 g/mol. The molecule has 0 bridgehead atoms. The normalized spacial score (nSPS) is 20.7. The molecule has 3 N–H and O–H groups in total. The molecule has 0 spiro atoms. The van der Waals surface area contributed by atoms with Gasteiger partial charge in [-0.25, -0.2) is 0 Å². The first-order chi connectivity index (χ1) is 10.2. The Labute approximate surface area is 126 Å². The lowest BCUT2D eigenvalue weighted by Crippen LogP contribution is -2.47. The van der Waals surface area contributed by atoms with Gasteiger partial charge in [0.05, 0.1) is 5.41 Å². The largest absolute Gasteiger partial charge is 0.372 e. The number of benzene rings is 1. The van der Waals surface area contributed by atoms with Crippen LogP contribution in [0.15, 0.2) is 24.3 Å². The molecule has 0 aromatic heterocycles. The van der Waals surface area contributed by atoms with Crippen LogP contribution in [0.25, 0.3) is 0 Å². The van der Waals surface area contributed by atoms with E-state index < -0.39 is 0 Å². The van der Waals surface area contributed by atoms with E-state index in [4.69, 9.17) is 5.73 Å². The smallest absolute Gasteiger partial charge is 0.231 e. The molecule has 1 saturated heterocycles. The van der Waals surface area contributed by atoms with Gasteiger partial charge in [0.15, 0.2) is 0 Å². The number of nitrogens with one attached hydrogen (secondary N) is 1. The molecule has 1 aromatic rings. The molecule has 1 aliphatic carbocycles. The number of amides is 1. The predicted molar refractivity (Wildman–Crippen MR) is 86.5 cm³/mol. The minimum Gasteiger partial charge on any atom is -0.372 e. The van der Waals surface area contributed by atoms with Crippen molar-refractivity contribution in [3.63, 3.8) is 0 Å². The van der Waals surface area contributed by atoms with Gasteiger partial charge in [-0.2, -0.15) is 0 Å². The molecule has 2 aliphatic rings. The Kier molecular flexibility index (Phi) is 4.15. The van der Waals surface area contributed by atoms with Crippen LogP contribution in [-0.4, -0.2) is 25.5 Å². The van der Waals surface area contributed by atoms with Crippen LogP contribution in [0.5, 0.6) is 0 Å². The minimum atomic E-state index is -0.314. The summed E-state index contributed by atoms with van der Waals surface area (Å²) < 4.78 is 0. The summed E-state index contributed by atoms with van der Waals surface area (Å²) in [5.41, 5.74) is 7.59. The highest BCUT2D eigenvalue weighted by atomic mass is 16.2. The number of hydrogen-bond acceptors (Lipinski definition) is 3. The van der Waals surface area contributed by atoms with Gasteiger partial charge in [0, 0.05) is 31.0 Å². The third kappa shape index (κ3) is 2.91. The van der Waals surface area contributed by atoms with Gasteiger partial charge in [-0.05, 0) is 56.4 Å². The Morgan fingerprint density at radius 3 is 2.29 bits per heavy atom. The Bertz CT molecular complexity index is 482. The topological polar surface area (TPSA) is 58.4 Å². The van der Waals surface area contributed by atoms with Crippen LogP contribution in [0.1, 0.15) is 38.5 Å². The summed E-state index contributed by atoms with van der Waals surface area (Å²) in [4.78, 5) is 14.8. The van der Waals surface area contributed by atoms with Crippen LogP contribution >= 0.6 is 0 Å². The maximum Gasteiger partial charge on any atom is 0.231 e. The number of rotatable bonds is 4. The number of nitrogens with two attached hydrogens (primary N) is 1. The van der Waals surface area contributed by atoms with Gasteiger partial charge in [-0.15, -0.1) is 0 Å². The zero-order chi connectivity index (χ0) is 14.7. The van der Waals surface area contributed by atoms with Crippen molar-refractivity contribution in [1.82, 2.24) is 0 Å². The van der Waals surface area contributed by atoms with Crippen LogP contribution in [0.4, 0.5) is 11.4 Å². The van der Waals surface area contributed by atoms with Gasteiger partial charge in [0.1, 0.15) is 0 Å². The first-order valence-electron chi connectivity index (χ1n) is 8.10. The van der Waals surface area contributed by atoms with E-state index >= 15 is 0 Å². The Hall–Kier alpha value is -1.55. The van der Waals surface area contributed by atoms with Crippen molar-refractivity contribution in [3.8, 4) is 0 Å². The number of hydrogen-bond donors (Lipinski definition) is 2. The summed E-state index contributed by atoms with van der Waals surface area (Å²) in [6.07, 6.45) is 6.84. The van der Waals surface area contributed by atoms with Crippen LogP contribution in [-0.2, 0) is 4.79 Å². The molecule has 1 saturated carbocycles. The van der Waals surface area contributed by atoms with Crippen LogP contribution in [0.3, 0.4) is 0 Å². The third-order valence-corrected chi connectivity index (χ3v) is 5.03. The van der Waals surface area contributed by atoms with Gasteiger partial charge in [0.2, 0.25) is 5.91 Å². The molecule has 1 amide bonds. The molecular weight excluding hydrogens is 262 g/mol. The summed E-state index contributed by atoms with van der Waals surface area (Å²) in [6, 6.07) is 8.23. The van der Waals surface area contributed by atoms with Crippen molar-refractivity contribution in [1.29, 1.82) is 0 Å². The van der Waals surface area contributed by atoms with Crippen LogP contribution in [0, 0.1) is 5.41 Å². The van der Waals surface area contributed by atoms with Crippen molar-refractivity contribution in [2.45, 2.75) is 38.5 Å². The third-order valence-electron chi connectivity index (χ3n) is 5.03. The molecular formula is C17H25N3O. The molecule has 4 nitrogen and oxygen atoms in total. The predicted octanol–water partition coefficient (Wildman–Crippen LogP) is 2.74. The molecule has 1 aliphatic heterocycles. The zero-order valence-corrected chi connectivity index (χ0v) is 12.6. The van der Waals surface area contributed by atoms with E-state index in [9.17, 15) is 4.79 Å². The van der Waals surface area contributed by atoms with Crippen molar-refractivity contribution in [2.24, 2.45) is 11.1 Å². The molecule has 0 unspecified atom stereocenters. The van der Waals surface area contributed by atoms with E-state index in [1.54, 1.807) is 0 Å². The number of carbonyl (C=O) groups is 1. The quantitative estimate of drug-likeness (QED) is 0.895. The van der Waals surface area contributed by atoms with Gasteiger partial charge in [-0.1, -0.05) is 6.42 Å². The SMILES string of the molecule is NCC1(C(=O)Nc2ccc(N3CCCCC3)cc2)CCC1. The highest BCUT2D eigenvalue weighted by molar-refractivity contribution is 5.96. The summed E-state index contributed by atoms with van der Waals surface area (Å²) in [6.45, 7) is 2.73. The Morgan fingerprint density at radius 2 is 1.76 bits per heavy atom. The van der Waals surface area contributed by atoms with Crippen LogP contribution in [0.2, 0.25) is 0 Å². The summed E-state index contributed by atoms with van der Waals surface area (Å²) in [5.74, 6) is 0.0852. The molecule has 21 heavy (non-hydrogen) atoms.